The SMILES string of the molecule is CCCCCC/C=C\CCCCCCCCCC(=O)OC(COC(=O)CCCCCCC/C=C\CCCCCCCC)COC(=O)CCCCCCCCCCCCCCC. The van der Waals surface area contributed by atoms with Crippen LogP contribution in [0.2, 0.25) is 0 Å². The van der Waals surface area contributed by atoms with E-state index in [0.29, 0.717) is 19.3 Å². The number of hydrogen-bond acceptors (Lipinski definition) is 6. The van der Waals surface area contributed by atoms with E-state index in [1.807, 2.05) is 0 Å². The summed E-state index contributed by atoms with van der Waals surface area (Å²) in [6.07, 6.45) is 57.3. The molecule has 0 radical (unpaired) electrons. The zero-order valence-corrected chi connectivity index (χ0v) is 40.9. The van der Waals surface area contributed by atoms with Crippen LogP contribution in [0, 0.1) is 0 Å². The molecule has 1 unspecified atom stereocenters. The van der Waals surface area contributed by atoms with Crippen LogP contribution in [0.15, 0.2) is 24.3 Å². The molecule has 0 aromatic heterocycles. The van der Waals surface area contributed by atoms with Gasteiger partial charge < -0.3 is 14.2 Å². The first-order valence-electron chi connectivity index (χ1n) is 26.8. The van der Waals surface area contributed by atoms with Gasteiger partial charge in [0.15, 0.2) is 6.10 Å². The Labute approximate surface area is 379 Å². The summed E-state index contributed by atoms with van der Waals surface area (Å²) in [7, 11) is 0. The summed E-state index contributed by atoms with van der Waals surface area (Å²) in [5, 5.41) is 0. The predicted octanol–water partition coefficient (Wildman–Crippen LogP) is 17.5. The third kappa shape index (κ3) is 48.8. The molecule has 0 saturated carbocycles. The second-order valence-electron chi connectivity index (χ2n) is 18.1. The minimum atomic E-state index is -0.772. The Bertz CT molecular complexity index is 989. The lowest BCUT2D eigenvalue weighted by Gasteiger charge is -2.18. The van der Waals surface area contributed by atoms with E-state index in [1.54, 1.807) is 0 Å². The number of ether oxygens (including phenoxy) is 3. The summed E-state index contributed by atoms with van der Waals surface area (Å²) < 4.78 is 16.8. The summed E-state index contributed by atoms with van der Waals surface area (Å²) in [6.45, 7) is 6.64. The Kier molecular flexibility index (Phi) is 48.8. The third-order valence-electron chi connectivity index (χ3n) is 11.9. The molecule has 6 heteroatoms. The van der Waals surface area contributed by atoms with Crippen LogP contribution in [-0.4, -0.2) is 37.2 Å². The molecule has 1 atom stereocenters. The first kappa shape index (κ1) is 58.9. The third-order valence-corrected chi connectivity index (χ3v) is 11.9. The van der Waals surface area contributed by atoms with Crippen molar-refractivity contribution >= 4 is 17.9 Å². The topological polar surface area (TPSA) is 78.9 Å². The first-order chi connectivity index (χ1) is 30.0. The van der Waals surface area contributed by atoms with Crippen LogP contribution in [0.5, 0.6) is 0 Å². The van der Waals surface area contributed by atoms with Gasteiger partial charge in [-0.15, -0.1) is 0 Å². The molecule has 0 aliphatic heterocycles. The molecule has 0 aromatic rings. The van der Waals surface area contributed by atoms with E-state index in [0.717, 1.165) is 64.2 Å². The normalized spacial score (nSPS) is 12.1. The van der Waals surface area contributed by atoms with Gasteiger partial charge in [-0.3, -0.25) is 14.4 Å². The van der Waals surface area contributed by atoms with Crippen LogP contribution in [0.3, 0.4) is 0 Å². The molecular weight excluding hydrogens is 757 g/mol. The molecule has 6 nitrogen and oxygen atoms in total. The van der Waals surface area contributed by atoms with Crippen molar-refractivity contribution in [3.63, 3.8) is 0 Å². The highest BCUT2D eigenvalue weighted by molar-refractivity contribution is 5.71. The second kappa shape index (κ2) is 50.5. The maximum atomic E-state index is 12.8. The van der Waals surface area contributed by atoms with Gasteiger partial charge in [0.2, 0.25) is 0 Å². The molecule has 0 aliphatic carbocycles. The molecule has 358 valence electrons. The highest BCUT2D eigenvalue weighted by atomic mass is 16.6. The Morgan fingerprint density at radius 1 is 0.311 bits per heavy atom. The van der Waals surface area contributed by atoms with Crippen molar-refractivity contribution in [1.29, 1.82) is 0 Å². The van der Waals surface area contributed by atoms with Gasteiger partial charge in [-0.1, -0.05) is 225 Å². The number of unbranched alkanes of at least 4 members (excludes halogenated alkanes) is 34. The van der Waals surface area contributed by atoms with Crippen molar-refractivity contribution < 1.29 is 28.6 Å². The zero-order chi connectivity index (χ0) is 44.4. The van der Waals surface area contributed by atoms with Gasteiger partial charge in [0.05, 0.1) is 0 Å². The van der Waals surface area contributed by atoms with E-state index >= 15 is 0 Å². The van der Waals surface area contributed by atoms with Gasteiger partial charge in [-0.05, 0) is 70.6 Å². The Hall–Kier alpha value is -2.11. The number of allylic oxidation sites excluding steroid dienone is 4. The zero-order valence-electron chi connectivity index (χ0n) is 40.9. The fraction of sp³-hybridized carbons (Fsp3) is 0.873. The molecule has 61 heavy (non-hydrogen) atoms. The number of hydrogen-bond donors (Lipinski definition) is 0. The van der Waals surface area contributed by atoms with E-state index in [4.69, 9.17) is 14.2 Å². The fourth-order valence-corrected chi connectivity index (χ4v) is 7.84. The average Bonchev–Trinajstić information content (AvgIpc) is 3.26. The molecule has 0 rings (SSSR count). The summed E-state index contributed by atoms with van der Waals surface area (Å²) in [5.74, 6) is -0.870. The van der Waals surface area contributed by atoms with E-state index in [1.165, 1.54) is 186 Å². The molecule has 0 heterocycles. The number of esters is 3. The number of carbonyl (C=O) groups excluding carboxylic acids is 3. The van der Waals surface area contributed by atoms with E-state index in [9.17, 15) is 14.4 Å². The second-order valence-corrected chi connectivity index (χ2v) is 18.1. The minimum Gasteiger partial charge on any atom is -0.462 e. The van der Waals surface area contributed by atoms with E-state index < -0.39 is 6.10 Å². The lowest BCUT2D eigenvalue weighted by Crippen LogP contribution is -2.30. The van der Waals surface area contributed by atoms with Crippen molar-refractivity contribution in [1.82, 2.24) is 0 Å². The van der Waals surface area contributed by atoms with Crippen molar-refractivity contribution in [2.24, 2.45) is 0 Å². The van der Waals surface area contributed by atoms with Gasteiger partial charge >= 0.3 is 17.9 Å². The summed E-state index contributed by atoms with van der Waals surface area (Å²) in [4.78, 5) is 38.0. The molecule has 0 aliphatic rings. The highest BCUT2D eigenvalue weighted by Crippen LogP contribution is 2.16. The van der Waals surface area contributed by atoms with Gasteiger partial charge in [0, 0.05) is 19.3 Å². The molecule has 0 amide bonds. The summed E-state index contributed by atoms with van der Waals surface area (Å²) in [6, 6.07) is 0. The van der Waals surface area contributed by atoms with Crippen molar-refractivity contribution in [3.8, 4) is 0 Å². The lowest BCUT2D eigenvalue weighted by atomic mass is 10.0. The fourth-order valence-electron chi connectivity index (χ4n) is 7.84. The van der Waals surface area contributed by atoms with Gasteiger partial charge in [-0.25, -0.2) is 0 Å². The van der Waals surface area contributed by atoms with Crippen LogP contribution in [0.4, 0.5) is 0 Å². The first-order valence-corrected chi connectivity index (χ1v) is 26.8. The van der Waals surface area contributed by atoms with E-state index in [-0.39, 0.29) is 31.1 Å². The van der Waals surface area contributed by atoms with Crippen LogP contribution in [-0.2, 0) is 28.6 Å². The highest BCUT2D eigenvalue weighted by Gasteiger charge is 2.19. The maximum absolute atomic E-state index is 12.8. The molecule has 0 bridgehead atoms. The standard InChI is InChI=1S/C55H102O6/c1-4-7-10-13-16-19-22-25-27-30-33-36-39-42-45-48-54(57)60-51-52(50-59-53(56)47-44-41-38-35-32-29-24-21-18-15-12-9-6-3)61-55(58)49-46-43-40-37-34-31-28-26-23-20-17-14-11-8-5-2/h20,23,25,27,52H,4-19,21-22,24,26,28-51H2,1-3H3/b23-20-,27-25-. The smallest absolute Gasteiger partial charge is 0.306 e. The van der Waals surface area contributed by atoms with Crippen molar-refractivity contribution in [2.75, 3.05) is 13.2 Å². The average molecular weight is 859 g/mol. The van der Waals surface area contributed by atoms with Gasteiger partial charge in [-0.2, -0.15) is 0 Å². The summed E-state index contributed by atoms with van der Waals surface area (Å²) >= 11 is 0. The molecule has 0 fully saturated rings. The monoisotopic (exact) mass is 859 g/mol. The molecule has 0 aromatic carbocycles. The number of rotatable bonds is 49. The molecule has 0 saturated heterocycles. The Morgan fingerprint density at radius 2 is 0.541 bits per heavy atom. The lowest BCUT2D eigenvalue weighted by molar-refractivity contribution is -0.167. The Morgan fingerprint density at radius 3 is 0.836 bits per heavy atom. The van der Waals surface area contributed by atoms with Crippen LogP contribution < -0.4 is 0 Å². The molecule has 0 spiro atoms. The molecular formula is C55H102O6. The molecule has 0 N–H and O–H groups in total. The maximum Gasteiger partial charge on any atom is 0.306 e. The largest absolute Gasteiger partial charge is 0.462 e. The van der Waals surface area contributed by atoms with Crippen molar-refractivity contribution in [2.45, 2.75) is 297 Å². The van der Waals surface area contributed by atoms with E-state index in [2.05, 4.69) is 45.1 Å². The quantitative estimate of drug-likeness (QED) is 0.0262. The van der Waals surface area contributed by atoms with Gasteiger partial charge in [0.25, 0.3) is 0 Å². The predicted molar refractivity (Wildman–Crippen MR) is 261 cm³/mol. The van der Waals surface area contributed by atoms with Gasteiger partial charge in [0.1, 0.15) is 13.2 Å². The van der Waals surface area contributed by atoms with Crippen LogP contribution in [0.25, 0.3) is 0 Å². The summed E-state index contributed by atoms with van der Waals surface area (Å²) in [5.41, 5.74) is 0. The van der Waals surface area contributed by atoms with Crippen LogP contribution >= 0.6 is 0 Å². The van der Waals surface area contributed by atoms with Crippen LogP contribution in [0.1, 0.15) is 290 Å². The van der Waals surface area contributed by atoms with Crippen molar-refractivity contribution in [3.05, 3.63) is 24.3 Å². The Balaban J connectivity index is 4.36. The number of carbonyl (C=O) groups is 3. The minimum absolute atomic E-state index is 0.0717.